The van der Waals surface area contributed by atoms with Crippen LogP contribution in [0.2, 0.25) is 0 Å². The fourth-order valence-corrected chi connectivity index (χ4v) is 2.94. The van der Waals surface area contributed by atoms with Gasteiger partial charge in [0.1, 0.15) is 11.9 Å². The molecule has 0 unspecified atom stereocenters. The van der Waals surface area contributed by atoms with Gasteiger partial charge in [-0.05, 0) is 38.9 Å². The van der Waals surface area contributed by atoms with E-state index in [2.05, 4.69) is 22.2 Å². The van der Waals surface area contributed by atoms with Gasteiger partial charge in [-0.15, -0.1) is 0 Å². The molecule has 0 saturated heterocycles. The van der Waals surface area contributed by atoms with E-state index in [1.165, 1.54) is 38.3 Å². The van der Waals surface area contributed by atoms with E-state index in [1.54, 1.807) is 12.3 Å². The lowest BCUT2D eigenvalue weighted by atomic mass is 9.94. The number of anilines is 1. The minimum atomic E-state index is -0.399. The average Bonchev–Trinajstić information content (AvgIpc) is 2.52. The second-order valence-corrected chi connectivity index (χ2v) is 5.70. The normalized spacial score (nSPS) is 16.1. The van der Waals surface area contributed by atoms with Crippen LogP contribution in [0.25, 0.3) is 0 Å². The molecule has 1 N–H and O–H groups in total. The van der Waals surface area contributed by atoms with E-state index in [-0.39, 0.29) is 5.69 Å². The van der Waals surface area contributed by atoms with E-state index in [0.29, 0.717) is 11.7 Å². The first-order valence-electron chi connectivity index (χ1n) is 7.71. The summed E-state index contributed by atoms with van der Waals surface area (Å²) in [7, 11) is 2.19. The molecule has 0 spiro atoms. The molecule has 6 nitrogen and oxygen atoms in total. The van der Waals surface area contributed by atoms with Crippen LogP contribution in [-0.4, -0.2) is 41.0 Å². The number of hydrogen-bond acceptors (Lipinski definition) is 5. The Bertz CT molecular complexity index is 461. The molecule has 0 amide bonds. The van der Waals surface area contributed by atoms with E-state index in [1.807, 2.05) is 0 Å². The van der Waals surface area contributed by atoms with Crippen molar-refractivity contribution in [2.75, 3.05) is 25.5 Å². The minimum Gasteiger partial charge on any atom is -0.379 e. The zero-order valence-electron chi connectivity index (χ0n) is 12.6. The molecule has 0 radical (unpaired) electrons. The third-order valence-electron chi connectivity index (χ3n) is 4.20. The van der Waals surface area contributed by atoms with Gasteiger partial charge in [0.05, 0.1) is 4.92 Å². The van der Waals surface area contributed by atoms with Crippen LogP contribution in [0.1, 0.15) is 38.5 Å². The van der Waals surface area contributed by atoms with Crippen LogP contribution >= 0.6 is 0 Å². The Morgan fingerprint density at radius 1 is 1.43 bits per heavy atom. The van der Waals surface area contributed by atoms with E-state index >= 15 is 0 Å². The smallest absolute Gasteiger partial charge is 0.310 e. The topological polar surface area (TPSA) is 71.3 Å². The Hall–Kier alpha value is -1.69. The van der Waals surface area contributed by atoms with E-state index in [4.69, 9.17) is 0 Å². The Morgan fingerprint density at radius 2 is 2.19 bits per heavy atom. The van der Waals surface area contributed by atoms with Crippen LogP contribution in [-0.2, 0) is 0 Å². The minimum absolute atomic E-state index is 0.0399. The lowest BCUT2D eigenvalue weighted by Crippen LogP contribution is -2.34. The summed E-state index contributed by atoms with van der Waals surface area (Å²) >= 11 is 0. The van der Waals surface area contributed by atoms with Gasteiger partial charge >= 0.3 is 5.69 Å². The van der Waals surface area contributed by atoms with Crippen LogP contribution in [0.15, 0.2) is 18.5 Å². The van der Waals surface area contributed by atoms with Crippen LogP contribution in [0.3, 0.4) is 0 Å². The zero-order valence-corrected chi connectivity index (χ0v) is 12.6. The summed E-state index contributed by atoms with van der Waals surface area (Å²) in [5.74, 6) is 0. The molecular weight excluding hydrogens is 268 g/mol. The molecule has 116 valence electrons. The maximum Gasteiger partial charge on any atom is 0.310 e. The Balaban J connectivity index is 1.73. The fourth-order valence-electron chi connectivity index (χ4n) is 2.94. The van der Waals surface area contributed by atoms with Crippen LogP contribution in [0, 0.1) is 10.1 Å². The van der Waals surface area contributed by atoms with Crippen molar-refractivity contribution in [2.45, 2.75) is 44.6 Å². The Morgan fingerprint density at radius 3 is 2.90 bits per heavy atom. The van der Waals surface area contributed by atoms with Gasteiger partial charge in [-0.2, -0.15) is 0 Å². The lowest BCUT2D eigenvalue weighted by molar-refractivity contribution is -0.384. The van der Waals surface area contributed by atoms with Gasteiger partial charge in [-0.25, -0.2) is 0 Å². The van der Waals surface area contributed by atoms with Crippen LogP contribution in [0.5, 0.6) is 0 Å². The highest BCUT2D eigenvalue weighted by molar-refractivity contribution is 5.59. The summed E-state index contributed by atoms with van der Waals surface area (Å²) in [6.07, 6.45) is 10.5. The predicted octanol–water partition coefficient (Wildman–Crippen LogP) is 3.06. The zero-order chi connectivity index (χ0) is 15.1. The van der Waals surface area contributed by atoms with Crippen molar-refractivity contribution in [3.8, 4) is 0 Å². The molecule has 1 fully saturated rings. The fraction of sp³-hybridized carbons (Fsp3) is 0.667. The Kier molecular flexibility index (Phi) is 5.92. The van der Waals surface area contributed by atoms with Gasteiger partial charge in [0.15, 0.2) is 0 Å². The summed E-state index contributed by atoms with van der Waals surface area (Å²) in [4.78, 5) is 16.7. The molecular formula is C15H24N4O2. The standard InChI is InChI=1S/C15H24N4O2/c1-18(13-6-3-2-4-7-13)11-5-9-17-14-8-10-16-12-15(14)19(20)21/h8,10,12-13H,2-7,9,11H2,1H3,(H,16,17). The molecule has 0 aromatic carbocycles. The third-order valence-corrected chi connectivity index (χ3v) is 4.20. The van der Waals surface area contributed by atoms with E-state index < -0.39 is 4.92 Å². The van der Waals surface area contributed by atoms with Crippen molar-refractivity contribution in [3.05, 3.63) is 28.6 Å². The number of nitrogens with zero attached hydrogens (tertiary/aromatic N) is 3. The van der Waals surface area contributed by atoms with Gasteiger partial charge in [-0.3, -0.25) is 15.1 Å². The number of pyridine rings is 1. The van der Waals surface area contributed by atoms with Crippen LogP contribution < -0.4 is 5.32 Å². The summed E-state index contributed by atoms with van der Waals surface area (Å²) in [5, 5.41) is 14.0. The first-order chi connectivity index (χ1) is 10.2. The highest BCUT2D eigenvalue weighted by Crippen LogP contribution is 2.23. The van der Waals surface area contributed by atoms with Crippen molar-refractivity contribution < 1.29 is 4.92 Å². The average molecular weight is 292 g/mol. The van der Waals surface area contributed by atoms with Crippen molar-refractivity contribution in [1.29, 1.82) is 0 Å². The maximum atomic E-state index is 10.9. The highest BCUT2D eigenvalue weighted by Gasteiger charge is 2.17. The number of rotatable bonds is 7. The van der Waals surface area contributed by atoms with Gasteiger partial charge in [0, 0.05) is 18.8 Å². The quantitative estimate of drug-likeness (QED) is 0.475. The molecule has 1 heterocycles. The summed E-state index contributed by atoms with van der Waals surface area (Å²) in [5.41, 5.74) is 0.591. The number of nitrogens with one attached hydrogen (secondary N) is 1. The van der Waals surface area contributed by atoms with E-state index in [9.17, 15) is 10.1 Å². The third kappa shape index (κ3) is 4.67. The molecule has 1 aliphatic carbocycles. The summed E-state index contributed by atoms with van der Waals surface area (Å²) in [6.45, 7) is 1.76. The first-order valence-corrected chi connectivity index (χ1v) is 7.71. The van der Waals surface area contributed by atoms with E-state index in [0.717, 1.165) is 19.5 Å². The SMILES string of the molecule is CN(CCCNc1ccncc1[N+](=O)[O-])C1CCCCC1. The lowest BCUT2D eigenvalue weighted by Gasteiger charge is -2.31. The summed E-state index contributed by atoms with van der Waals surface area (Å²) in [6, 6.07) is 2.37. The van der Waals surface area contributed by atoms with Crippen LogP contribution in [0.4, 0.5) is 11.4 Å². The van der Waals surface area contributed by atoms with Crippen molar-refractivity contribution >= 4 is 11.4 Å². The van der Waals surface area contributed by atoms with Gasteiger partial charge in [-0.1, -0.05) is 19.3 Å². The monoisotopic (exact) mass is 292 g/mol. The first kappa shape index (κ1) is 15.7. The second kappa shape index (κ2) is 7.93. The molecule has 1 aromatic heterocycles. The van der Waals surface area contributed by atoms with Crippen molar-refractivity contribution in [1.82, 2.24) is 9.88 Å². The van der Waals surface area contributed by atoms with Crippen molar-refractivity contribution in [2.24, 2.45) is 0 Å². The number of aromatic nitrogens is 1. The molecule has 1 aliphatic rings. The molecule has 1 saturated carbocycles. The molecule has 0 bridgehead atoms. The molecule has 21 heavy (non-hydrogen) atoms. The van der Waals surface area contributed by atoms with Gasteiger partial charge in [0.2, 0.25) is 0 Å². The number of nitro groups is 1. The molecule has 6 heteroatoms. The largest absolute Gasteiger partial charge is 0.379 e. The highest BCUT2D eigenvalue weighted by atomic mass is 16.6. The number of hydrogen-bond donors (Lipinski definition) is 1. The predicted molar refractivity (Wildman–Crippen MR) is 83.5 cm³/mol. The molecule has 1 aromatic rings. The maximum absolute atomic E-state index is 10.9. The Labute approximate surface area is 125 Å². The second-order valence-electron chi connectivity index (χ2n) is 5.70. The summed E-state index contributed by atoms with van der Waals surface area (Å²) < 4.78 is 0. The van der Waals surface area contributed by atoms with Gasteiger partial charge < -0.3 is 10.2 Å². The van der Waals surface area contributed by atoms with Crippen molar-refractivity contribution in [3.63, 3.8) is 0 Å². The molecule has 0 aliphatic heterocycles. The molecule has 0 atom stereocenters. The molecule has 2 rings (SSSR count). The van der Waals surface area contributed by atoms with Gasteiger partial charge in [0.25, 0.3) is 0 Å².